The van der Waals surface area contributed by atoms with Gasteiger partial charge in [-0.3, -0.25) is 4.79 Å². The van der Waals surface area contributed by atoms with Gasteiger partial charge in [-0.15, -0.1) is 0 Å². The number of β-amino-alcohol motifs (C(OH)–C–C–N with tert-alkyl or cyclic N) is 1. The molecular weight excluding hydrogens is 326 g/mol. The molecule has 3 rings (SSSR count). The lowest BCUT2D eigenvalue weighted by Gasteiger charge is -2.30. The molecule has 1 aliphatic rings. The molecule has 2 aromatic rings. The molecule has 1 atom stereocenters. The second-order valence-corrected chi connectivity index (χ2v) is 6.18. The number of hydrogen-bond donors (Lipinski definition) is 2. The number of rotatable bonds is 4. The van der Waals surface area contributed by atoms with E-state index in [-0.39, 0.29) is 18.0 Å². The lowest BCUT2D eigenvalue weighted by atomic mass is 10.1. The number of nitrogens with zero attached hydrogens (tertiary/aromatic N) is 1. The van der Waals surface area contributed by atoms with Gasteiger partial charge in [-0.05, 0) is 43.2 Å². The Bertz CT molecular complexity index is 767. The summed E-state index contributed by atoms with van der Waals surface area (Å²) in [5.41, 5.74) is 1.19. The van der Waals surface area contributed by atoms with E-state index in [1.54, 1.807) is 29.2 Å². The van der Waals surface area contributed by atoms with Crippen LogP contribution < -0.4 is 5.32 Å². The fourth-order valence-electron chi connectivity index (χ4n) is 3.00. The van der Waals surface area contributed by atoms with Crippen LogP contribution in [0, 0.1) is 11.6 Å². The van der Waals surface area contributed by atoms with E-state index in [0.29, 0.717) is 30.8 Å². The monoisotopic (exact) mass is 346 g/mol. The number of nitrogens with one attached hydrogen (secondary N) is 1. The van der Waals surface area contributed by atoms with Crippen molar-refractivity contribution >= 4 is 11.6 Å². The molecular formula is C19H20F2N2O2. The van der Waals surface area contributed by atoms with Crippen LogP contribution in [0.2, 0.25) is 0 Å². The van der Waals surface area contributed by atoms with Gasteiger partial charge in [0.1, 0.15) is 11.6 Å². The zero-order chi connectivity index (χ0) is 17.8. The van der Waals surface area contributed by atoms with Gasteiger partial charge in [-0.25, -0.2) is 8.78 Å². The summed E-state index contributed by atoms with van der Waals surface area (Å²) >= 11 is 0. The highest BCUT2D eigenvalue weighted by Gasteiger charge is 2.24. The van der Waals surface area contributed by atoms with Crippen molar-refractivity contribution in [2.45, 2.75) is 25.5 Å². The quantitative estimate of drug-likeness (QED) is 0.894. The third-order valence-corrected chi connectivity index (χ3v) is 4.32. The van der Waals surface area contributed by atoms with Crippen LogP contribution in [0.25, 0.3) is 0 Å². The predicted octanol–water partition coefficient (Wildman–Crippen LogP) is 3.17. The van der Waals surface area contributed by atoms with Crippen LogP contribution in [-0.2, 0) is 6.54 Å². The van der Waals surface area contributed by atoms with E-state index in [4.69, 9.17) is 0 Å². The molecule has 0 aliphatic carbocycles. The predicted molar refractivity (Wildman–Crippen MR) is 91.3 cm³/mol. The van der Waals surface area contributed by atoms with Crippen molar-refractivity contribution in [3.8, 4) is 0 Å². The number of anilines is 1. The molecule has 4 nitrogen and oxygen atoms in total. The number of aliphatic hydroxyl groups is 1. The Kier molecular flexibility index (Phi) is 5.28. The molecule has 2 N–H and O–H groups in total. The van der Waals surface area contributed by atoms with Crippen molar-refractivity contribution in [1.29, 1.82) is 0 Å². The van der Waals surface area contributed by atoms with Crippen molar-refractivity contribution in [3.05, 3.63) is 65.2 Å². The van der Waals surface area contributed by atoms with Crippen molar-refractivity contribution in [2.24, 2.45) is 0 Å². The summed E-state index contributed by atoms with van der Waals surface area (Å²) in [6.45, 7) is 0.977. The Hall–Kier alpha value is -2.47. The van der Waals surface area contributed by atoms with Crippen LogP contribution in [0.3, 0.4) is 0 Å². The maximum atomic E-state index is 13.8. The summed E-state index contributed by atoms with van der Waals surface area (Å²) in [5.74, 6) is -1.19. The Morgan fingerprint density at radius 2 is 2.04 bits per heavy atom. The van der Waals surface area contributed by atoms with Gasteiger partial charge in [0, 0.05) is 30.9 Å². The average molecular weight is 346 g/mol. The van der Waals surface area contributed by atoms with Crippen molar-refractivity contribution in [2.75, 3.05) is 18.4 Å². The minimum atomic E-state index is -0.509. The van der Waals surface area contributed by atoms with Crippen LogP contribution in [0.1, 0.15) is 28.8 Å². The highest BCUT2D eigenvalue weighted by Crippen LogP contribution is 2.21. The number of piperidine rings is 1. The van der Waals surface area contributed by atoms with Crippen LogP contribution in [0.4, 0.5) is 14.5 Å². The third kappa shape index (κ3) is 4.14. The zero-order valence-electron chi connectivity index (χ0n) is 13.7. The molecule has 6 heteroatoms. The number of aliphatic hydroxyl groups excluding tert-OH is 1. The molecule has 0 aromatic heterocycles. The number of amides is 1. The van der Waals surface area contributed by atoms with Crippen LogP contribution in [0.5, 0.6) is 0 Å². The SMILES string of the molecule is O=C(c1ccccc1NCc1cc(F)ccc1F)N1CCCC(O)C1. The lowest BCUT2D eigenvalue weighted by Crippen LogP contribution is -2.42. The molecule has 0 spiro atoms. The van der Waals surface area contributed by atoms with Crippen molar-refractivity contribution in [3.63, 3.8) is 0 Å². The fraction of sp³-hybridized carbons (Fsp3) is 0.316. The number of halogens is 2. The Labute approximate surface area is 145 Å². The molecule has 1 heterocycles. The van der Waals surface area contributed by atoms with E-state index in [0.717, 1.165) is 24.6 Å². The number of para-hydroxylation sites is 1. The highest BCUT2D eigenvalue weighted by molar-refractivity contribution is 5.99. The topological polar surface area (TPSA) is 52.6 Å². The first-order chi connectivity index (χ1) is 12.0. The Morgan fingerprint density at radius 3 is 2.84 bits per heavy atom. The van der Waals surface area contributed by atoms with Gasteiger partial charge in [-0.1, -0.05) is 12.1 Å². The van der Waals surface area contributed by atoms with E-state index >= 15 is 0 Å². The number of carbonyl (C=O) groups is 1. The molecule has 1 unspecified atom stereocenters. The van der Waals surface area contributed by atoms with Crippen LogP contribution in [0.15, 0.2) is 42.5 Å². The Morgan fingerprint density at radius 1 is 1.24 bits per heavy atom. The highest BCUT2D eigenvalue weighted by atomic mass is 19.1. The normalized spacial score (nSPS) is 17.4. The minimum absolute atomic E-state index is 0.0660. The van der Waals surface area contributed by atoms with Crippen molar-refractivity contribution < 1.29 is 18.7 Å². The zero-order valence-corrected chi connectivity index (χ0v) is 13.7. The standard InChI is InChI=1S/C19H20F2N2O2/c20-14-7-8-17(21)13(10-14)11-22-18-6-2-1-5-16(18)19(25)23-9-3-4-15(24)12-23/h1-2,5-8,10,15,22,24H,3-4,9,11-12H2. The van der Waals surface area contributed by atoms with E-state index in [1.807, 2.05) is 0 Å². The smallest absolute Gasteiger partial charge is 0.256 e. The van der Waals surface area contributed by atoms with E-state index in [2.05, 4.69) is 5.32 Å². The van der Waals surface area contributed by atoms with Gasteiger partial charge in [0.25, 0.3) is 5.91 Å². The summed E-state index contributed by atoms with van der Waals surface area (Å²) < 4.78 is 27.0. The summed E-state index contributed by atoms with van der Waals surface area (Å²) in [5, 5.41) is 12.8. The molecule has 2 aromatic carbocycles. The molecule has 0 radical (unpaired) electrons. The summed E-state index contributed by atoms with van der Waals surface area (Å²) in [4.78, 5) is 14.4. The number of carbonyl (C=O) groups excluding carboxylic acids is 1. The minimum Gasteiger partial charge on any atom is -0.391 e. The van der Waals surface area contributed by atoms with E-state index in [9.17, 15) is 18.7 Å². The van der Waals surface area contributed by atoms with Crippen LogP contribution >= 0.6 is 0 Å². The molecule has 1 aliphatic heterocycles. The van der Waals surface area contributed by atoms with Gasteiger partial charge in [0.05, 0.1) is 11.7 Å². The summed E-state index contributed by atoms with van der Waals surface area (Å²) in [6.07, 6.45) is 0.957. The maximum Gasteiger partial charge on any atom is 0.256 e. The number of benzene rings is 2. The number of hydrogen-bond acceptors (Lipinski definition) is 3. The summed E-state index contributed by atoms with van der Waals surface area (Å²) in [7, 11) is 0. The first kappa shape index (κ1) is 17.4. The van der Waals surface area contributed by atoms with Gasteiger partial charge >= 0.3 is 0 Å². The lowest BCUT2D eigenvalue weighted by molar-refractivity contribution is 0.0474. The second kappa shape index (κ2) is 7.61. The Balaban J connectivity index is 1.76. The molecule has 132 valence electrons. The van der Waals surface area contributed by atoms with E-state index in [1.165, 1.54) is 0 Å². The maximum absolute atomic E-state index is 13.8. The molecule has 0 saturated carbocycles. The molecule has 25 heavy (non-hydrogen) atoms. The van der Waals surface area contributed by atoms with Crippen LogP contribution in [-0.4, -0.2) is 35.1 Å². The first-order valence-electron chi connectivity index (χ1n) is 8.29. The molecule has 1 saturated heterocycles. The molecule has 1 amide bonds. The van der Waals surface area contributed by atoms with Crippen molar-refractivity contribution in [1.82, 2.24) is 4.90 Å². The summed E-state index contributed by atoms with van der Waals surface area (Å²) in [6, 6.07) is 10.2. The second-order valence-electron chi connectivity index (χ2n) is 6.18. The fourth-order valence-corrected chi connectivity index (χ4v) is 3.00. The van der Waals surface area contributed by atoms with E-state index < -0.39 is 17.7 Å². The van der Waals surface area contributed by atoms with Gasteiger partial charge in [-0.2, -0.15) is 0 Å². The molecule has 0 bridgehead atoms. The number of likely N-dealkylation sites (tertiary alicyclic amines) is 1. The van der Waals surface area contributed by atoms with Gasteiger partial charge < -0.3 is 15.3 Å². The third-order valence-electron chi connectivity index (χ3n) is 4.32. The van der Waals surface area contributed by atoms with Gasteiger partial charge in [0.15, 0.2) is 0 Å². The largest absolute Gasteiger partial charge is 0.391 e. The first-order valence-corrected chi connectivity index (χ1v) is 8.29. The van der Waals surface area contributed by atoms with Gasteiger partial charge in [0.2, 0.25) is 0 Å². The molecule has 1 fully saturated rings. The average Bonchev–Trinajstić information content (AvgIpc) is 2.62.